The van der Waals surface area contributed by atoms with Crippen LogP contribution >= 0.6 is 35.6 Å². The zero-order valence-corrected chi connectivity index (χ0v) is 18.2. The van der Waals surface area contributed by atoms with Crippen molar-refractivity contribution in [1.82, 2.24) is 16.0 Å². The number of halogens is 2. The number of aliphatic imine (C=N–C) groups is 1. The predicted octanol–water partition coefficient (Wildman–Crippen LogP) is 3.82. The second kappa shape index (κ2) is 15.3. The molecule has 1 amide bonds. The summed E-state index contributed by atoms with van der Waals surface area (Å²) in [6, 6.07) is 7.03. The molecule has 7 heteroatoms. The summed E-state index contributed by atoms with van der Waals surface area (Å²) in [4.78, 5) is 16.6. The molecule has 1 aromatic carbocycles. The first-order valence-electron chi connectivity index (χ1n) is 8.74. The molecule has 0 radical (unpaired) electrons. The highest BCUT2D eigenvalue weighted by atomic mass is 127. The van der Waals surface area contributed by atoms with Crippen molar-refractivity contribution in [2.24, 2.45) is 4.99 Å². The molecule has 1 aromatic rings. The minimum absolute atomic E-state index is 0. The van der Waals surface area contributed by atoms with Crippen LogP contribution in [0.4, 0.5) is 0 Å². The number of amides is 1. The van der Waals surface area contributed by atoms with Gasteiger partial charge in [-0.25, -0.2) is 0 Å². The van der Waals surface area contributed by atoms with E-state index in [4.69, 9.17) is 11.6 Å². The topological polar surface area (TPSA) is 65.5 Å². The van der Waals surface area contributed by atoms with Crippen LogP contribution in [0.25, 0.3) is 0 Å². The summed E-state index contributed by atoms with van der Waals surface area (Å²) in [5.74, 6) is 0.630. The average molecular weight is 481 g/mol. The van der Waals surface area contributed by atoms with E-state index in [0.29, 0.717) is 23.7 Å². The van der Waals surface area contributed by atoms with E-state index < -0.39 is 0 Å². The summed E-state index contributed by atoms with van der Waals surface area (Å²) in [7, 11) is 0. The lowest BCUT2D eigenvalue weighted by Gasteiger charge is -2.12. The third-order valence-electron chi connectivity index (χ3n) is 3.45. The van der Waals surface area contributed by atoms with Gasteiger partial charge >= 0.3 is 0 Å². The van der Waals surface area contributed by atoms with Gasteiger partial charge in [-0.15, -0.1) is 24.0 Å². The number of guanidine groups is 1. The van der Waals surface area contributed by atoms with Crippen molar-refractivity contribution < 1.29 is 4.79 Å². The van der Waals surface area contributed by atoms with Crippen molar-refractivity contribution in [3.63, 3.8) is 0 Å². The van der Waals surface area contributed by atoms with Crippen molar-refractivity contribution in [2.45, 2.75) is 39.5 Å². The number of hydrogen-bond donors (Lipinski definition) is 3. The number of nitrogens with zero attached hydrogens (tertiary/aromatic N) is 1. The molecule has 0 unspecified atom stereocenters. The first kappa shape index (κ1) is 24.0. The maximum absolute atomic E-state index is 12.0. The molecule has 0 bridgehead atoms. The van der Waals surface area contributed by atoms with Crippen molar-refractivity contribution in [3.05, 3.63) is 34.9 Å². The SMILES string of the molecule is CCCCCCN=C(NCC)NCCNC(=O)c1ccccc1Cl.I. The molecule has 0 saturated heterocycles. The Morgan fingerprint density at radius 3 is 2.44 bits per heavy atom. The van der Waals surface area contributed by atoms with Gasteiger partial charge in [-0.1, -0.05) is 49.9 Å². The van der Waals surface area contributed by atoms with Gasteiger partial charge in [0.15, 0.2) is 5.96 Å². The normalized spacial score (nSPS) is 10.8. The van der Waals surface area contributed by atoms with Crippen molar-refractivity contribution in [1.29, 1.82) is 0 Å². The summed E-state index contributed by atoms with van der Waals surface area (Å²) < 4.78 is 0. The van der Waals surface area contributed by atoms with Gasteiger partial charge in [-0.2, -0.15) is 0 Å². The number of benzene rings is 1. The Hall–Kier alpha value is -1.02. The smallest absolute Gasteiger partial charge is 0.252 e. The highest BCUT2D eigenvalue weighted by Gasteiger charge is 2.08. The number of carbonyl (C=O) groups is 1. The van der Waals surface area contributed by atoms with Crippen LogP contribution in [0.3, 0.4) is 0 Å². The number of hydrogen-bond acceptors (Lipinski definition) is 2. The molecule has 0 aliphatic heterocycles. The van der Waals surface area contributed by atoms with Crippen LogP contribution in [-0.2, 0) is 0 Å². The van der Waals surface area contributed by atoms with E-state index in [2.05, 4.69) is 27.9 Å². The van der Waals surface area contributed by atoms with Crippen LogP contribution in [-0.4, -0.2) is 38.0 Å². The van der Waals surface area contributed by atoms with Gasteiger partial charge < -0.3 is 16.0 Å². The van der Waals surface area contributed by atoms with Crippen LogP contribution in [0.1, 0.15) is 49.9 Å². The van der Waals surface area contributed by atoms with Crippen molar-refractivity contribution in [2.75, 3.05) is 26.2 Å². The Morgan fingerprint density at radius 2 is 1.76 bits per heavy atom. The summed E-state index contributed by atoms with van der Waals surface area (Å²) in [5.41, 5.74) is 0.496. The monoisotopic (exact) mass is 480 g/mol. The van der Waals surface area contributed by atoms with E-state index in [1.54, 1.807) is 24.3 Å². The number of rotatable bonds is 10. The molecule has 0 heterocycles. The van der Waals surface area contributed by atoms with Gasteiger partial charge in [0.25, 0.3) is 5.91 Å². The molecule has 0 aliphatic rings. The molecule has 25 heavy (non-hydrogen) atoms. The number of unbranched alkanes of at least 4 members (excludes halogenated alkanes) is 3. The maximum Gasteiger partial charge on any atom is 0.252 e. The van der Waals surface area contributed by atoms with E-state index in [9.17, 15) is 4.79 Å². The second-order valence-corrected chi connectivity index (χ2v) is 5.89. The van der Waals surface area contributed by atoms with Crippen LogP contribution < -0.4 is 16.0 Å². The number of carbonyl (C=O) groups excluding carboxylic acids is 1. The molecular weight excluding hydrogens is 451 g/mol. The lowest BCUT2D eigenvalue weighted by Crippen LogP contribution is -2.41. The van der Waals surface area contributed by atoms with Gasteiger partial charge in [0.2, 0.25) is 0 Å². The molecule has 0 aliphatic carbocycles. The molecule has 0 aromatic heterocycles. The van der Waals surface area contributed by atoms with E-state index in [1.165, 1.54) is 19.3 Å². The van der Waals surface area contributed by atoms with Crippen LogP contribution in [0, 0.1) is 0 Å². The third kappa shape index (κ3) is 10.5. The Labute approximate surface area is 173 Å². The van der Waals surface area contributed by atoms with Gasteiger partial charge in [-0.3, -0.25) is 9.79 Å². The molecule has 0 fully saturated rings. The fourth-order valence-corrected chi connectivity index (χ4v) is 2.39. The van der Waals surface area contributed by atoms with Crippen LogP contribution in [0.15, 0.2) is 29.3 Å². The zero-order chi connectivity index (χ0) is 17.6. The number of nitrogens with one attached hydrogen (secondary N) is 3. The summed E-state index contributed by atoms with van der Waals surface area (Å²) in [5, 5.41) is 9.75. The molecule has 5 nitrogen and oxygen atoms in total. The molecule has 3 N–H and O–H groups in total. The Kier molecular flexibility index (Phi) is 14.6. The minimum atomic E-state index is -0.163. The molecule has 0 spiro atoms. The van der Waals surface area contributed by atoms with Crippen molar-refractivity contribution >= 4 is 47.4 Å². The second-order valence-electron chi connectivity index (χ2n) is 5.48. The van der Waals surface area contributed by atoms with Gasteiger partial charge in [0.05, 0.1) is 10.6 Å². The van der Waals surface area contributed by atoms with E-state index in [-0.39, 0.29) is 29.9 Å². The molecule has 1 rings (SSSR count). The lowest BCUT2D eigenvalue weighted by molar-refractivity contribution is 0.0954. The van der Waals surface area contributed by atoms with Crippen LogP contribution in [0.5, 0.6) is 0 Å². The Morgan fingerprint density at radius 1 is 1.04 bits per heavy atom. The van der Waals surface area contributed by atoms with E-state index >= 15 is 0 Å². The Bertz CT molecular complexity index is 526. The van der Waals surface area contributed by atoms with E-state index in [1.807, 2.05) is 6.92 Å². The maximum atomic E-state index is 12.0. The molecule has 0 atom stereocenters. The molecule has 142 valence electrons. The molecular formula is C18H30ClIN4O. The van der Waals surface area contributed by atoms with E-state index in [0.717, 1.165) is 25.5 Å². The highest BCUT2D eigenvalue weighted by Crippen LogP contribution is 2.14. The largest absolute Gasteiger partial charge is 0.357 e. The third-order valence-corrected chi connectivity index (χ3v) is 3.78. The van der Waals surface area contributed by atoms with Crippen molar-refractivity contribution in [3.8, 4) is 0 Å². The van der Waals surface area contributed by atoms with Gasteiger partial charge in [0, 0.05) is 26.2 Å². The first-order valence-corrected chi connectivity index (χ1v) is 9.11. The first-order chi connectivity index (χ1) is 11.7. The fourth-order valence-electron chi connectivity index (χ4n) is 2.17. The standard InChI is InChI=1S/C18H29ClN4O.HI/c1-3-5-6-9-12-22-18(20-4-2)23-14-13-21-17(24)15-10-7-8-11-16(15)19;/h7-8,10-11H,3-6,9,12-14H2,1-2H3,(H,21,24)(H2,20,22,23);1H. The summed E-state index contributed by atoms with van der Waals surface area (Å²) >= 11 is 6.01. The minimum Gasteiger partial charge on any atom is -0.357 e. The molecule has 0 saturated carbocycles. The van der Waals surface area contributed by atoms with Gasteiger partial charge in [0.1, 0.15) is 0 Å². The zero-order valence-electron chi connectivity index (χ0n) is 15.1. The highest BCUT2D eigenvalue weighted by molar-refractivity contribution is 14.0. The average Bonchev–Trinajstić information content (AvgIpc) is 2.58. The predicted molar refractivity (Wildman–Crippen MR) is 117 cm³/mol. The lowest BCUT2D eigenvalue weighted by atomic mass is 10.2. The van der Waals surface area contributed by atoms with Crippen LogP contribution in [0.2, 0.25) is 5.02 Å². The summed E-state index contributed by atoms with van der Waals surface area (Å²) in [6.45, 7) is 6.98. The Balaban J connectivity index is 0.00000576. The fraction of sp³-hybridized carbons (Fsp3) is 0.556. The quantitative estimate of drug-likeness (QED) is 0.206. The van der Waals surface area contributed by atoms with Gasteiger partial charge in [-0.05, 0) is 25.5 Å². The summed E-state index contributed by atoms with van der Waals surface area (Å²) in [6.07, 6.45) is 4.81.